The molecule has 2 rings (SSSR count). The molecule has 7 heteroatoms. The van der Waals surface area contributed by atoms with E-state index in [4.69, 9.17) is 0 Å². The third-order valence-electron chi connectivity index (χ3n) is 2.20. The van der Waals surface area contributed by atoms with Gasteiger partial charge in [-0.2, -0.15) is 13.2 Å². The van der Waals surface area contributed by atoms with Crippen LogP contribution in [0.1, 0.15) is 10.6 Å². The monoisotopic (exact) mass is 336 g/mol. The highest BCUT2D eigenvalue weighted by molar-refractivity contribution is 9.10. The highest BCUT2D eigenvalue weighted by Gasteiger charge is 2.33. The Balaban J connectivity index is 2.15. The van der Waals surface area contributed by atoms with Gasteiger partial charge in [0, 0.05) is 21.7 Å². The van der Waals surface area contributed by atoms with E-state index in [0.29, 0.717) is 12.2 Å². The van der Waals surface area contributed by atoms with E-state index in [0.717, 1.165) is 11.1 Å². The van der Waals surface area contributed by atoms with Crippen molar-refractivity contribution in [1.29, 1.82) is 0 Å². The van der Waals surface area contributed by atoms with Crippen molar-refractivity contribution in [3.8, 4) is 0 Å². The van der Waals surface area contributed by atoms with Crippen molar-refractivity contribution in [3.63, 3.8) is 0 Å². The molecule has 0 saturated heterocycles. The van der Waals surface area contributed by atoms with Gasteiger partial charge in [-0.3, -0.25) is 0 Å². The number of rotatable bonds is 3. The predicted octanol–water partition coefficient (Wildman–Crippen LogP) is 4.54. The Kier molecular flexibility index (Phi) is 3.91. The molecule has 2 nitrogen and oxygen atoms in total. The highest BCUT2D eigenvalue weighted by Crippen LogP contribution is 2.36. The van der Waals surface area contributed by atoms with Crippen molar-refractivity contribution in [1.82, 2.24) is 4.98 Å². The lowest BCUT2D eigenvalue weighted by atomic mass is 10.2. The topological polar surface area (TPSA) is 24.9 Å². The Morgan fingerprint density at radius 1 is 1.33 bits per heavy atom. The van der Waals surface area contributed by atoms with Crippen LogP contribution in [0.15, 0.2) is 34.2 Å². The zero-order valence-electron chi connectivity index (χ0n) is 8.96. The Bertz CT molecular complexity index is 526. The number of halogens is 4. The average molecular weight is 337 g/mol. The summed E-state index contributed by atoms with van der Waals surface area (Å²) in [5, 5.41) is 5.56. The Morgan fingerprint density at radius 3 is 2.72 bits per heavy atom. The van der Waals surface area contributed by atoms with E-state index < -0.39 is 11.7 Å². The lowest BCUT2D eigenvalue weighted by molar-refractivity contribution is -0.138. The summed E-state index contributed by atoms with van der Waals surface area (Å²) in [5.41, 5.74) is -0.271. The van der Waals surface area contributed by atoms with E-state index in [2.05, 4.69) is 26.2 Å². The van der Waals surface area contributed by atoms with Crippen molar-refractivity contribution < 1.29 is 13.2 Å². The number of anilines is 1. The summed E-state index contributed by atoms with van der Waals surface area (Å²) in [7, 11) is 0. The molecule has 0 atom stereocenters. The maximum atomic E-state index is 12.7. The molecule has 2 aromatic rings. The number of nitrogens with one attached hydrogen (secondary N) is 1. The second-order valence-electron chi connectivity index (χ2n) is 3.47. The van der Waals surface area contributed by atoms with E-state index in [1.165, 1.54) is 17.4 Å². The minimum atomic E-state index is -4.36. The van der Waals surface area contributed by atoms with Crippen molar-refractivity contribution >= 4 is 33.0 Å². The van der Waals surface area contributed by atoms with Crippen LogP contribution in [0.25, 0.3) is 0 Å². The van der Waals surface area contributed by atoms with Crippen LogP contribution in [-0.4, -0.2) is 4.98 Å². The Morgan fingerprint density at radius 2 is 2.11 bits per heavy atom. The molecule has 0 bridgehead atoms. The highest BCUT2D eigenvalue weighted by atomic mass is 79.9. The third-order valence-corrected chi connectivity index (χ3v) is 3.67. The zero-order chi connectivity index (χ0) is 13.2. The van der Waals surface area contributed by atoms with E-state index >= 15 is 0 Å². The minimum Gasteiger partial charge on any atom is -0.379 e. The van der Waals surface area contributed by atoms with Crippen LogP contribution in [-0.2, 0) is 12.7 Å². The molecule has 0 aliphatic heterocycles. The van der Waals surface area contributed by atoms with Crippen LogP contribution in [0.4, 0.5) is 18.9 Å². The molecule has 18 heavy (non-hydrogen) atoms. The Hall–Kier alpha value is -1.08. The predicted molar refractivity (Wildman–Crippen MR) is 68.6 cm³/mol. The molecule has 0 spiro atoms. The quantitative estimate of drug-likeness (QED) is 0.890. The van der Waals surface area contributed by atoms with Gasteiger partial charge >= 0.3 is 6.18 Å². The van der Waals surface area contributed by atoms with Gasteiger partial charge in [-0.25, -0.2) is 4.98 Å². The van der Waals surface area contributed by atoms with Gasteiger partial charge in [-0.1, -0.05) is 15.9 Å². The van der Waals surface area contributed by atoms with Gasteiger partial charge in [-0.05, 0) is 18.2 Å². The molecular formula is C11H8BrF3N2S. The van der Waals surface area contributed by atoms with Crippen LogP contribution in [0.5, 0.6) is 0 Å². The normalized spacial score (nSPS) is 11.6. The van der Waals surface area contributed by atoms with E-state index in [9.17, 15) is 13.2 Å². The number of thiazole rings is 1. The van der Waals surface area contributed by atoms with Crippen molar-refractivity contribution in [3.05, 3.63) is 44.8 Å². The molecule has 0 unspecified atom stereocenters. The summed E-state index contributed by atoms with van der Waals surface area (Å²) in [6.45, 7) is 0.413. The standard InChI is InChI=1S/C11H8BrF3N2S/c12-9-2-1-7(5-8(9)11(13,14)15)17-6-10-16-3-4-18-10/h1-5,17H,6H2. The average Bonchev–Trinajstić information content (AvgIpc) is 2.79. The maximum absolute atomic E-state index is 12.7. The molecule has 0 saturated carbocycles. The summed E-state index contributed by atoms with van der Waals surface area (Å²) in [6, 6.07) is 4.05. The molecule has 1 N–H and O–H groups in total. The van der Waals surface area contributed by atoms with Crippen LogP contribution < -0.4 is 5.32 Å². The summed E-state index contributed by atoms with van der Waals surface area (Å²) in [4.78, 5) is 4.04. The van der Waals surface area contributed by atoms with Crippen LogP contribution >= 0.6 is 27.3 Å². The summed E-state index contributed by atoms with van der Waals surface area (Å²) in [6.07, 6.45) is -2.71. The van der Waals surface area contributed by atoms with Crippen molar-refractivity contribution in [2.45, 2.75) is 12.7 Å². The lowest BCUT2D eigenvalue weighted by Crippen LogP contribution is -2.07. The fourth-order valence-electron chi connectivity index (χ4n) is 1.37. The van der Waals surface area contributed by atoms with Gasteiger partial charge in [0.2, 0.25) is 0 Å². The Labute approximate surface area is 114 Å². The van der Waals surface area contributed by atoms with Gasteiger partial charge in [-0.15, -0.1) is 11.3 Å². The molecular weight excluding hydrogens is 329 g/mol. The number of hydrogen-bond donors (Lipinski definition) is 1. The number of alkyl halides is 3. The first-order valence-corrected chi connectivity index (χ1v) is 6.63. The first-order chi connectivity index (χ1) is 8.47. The van der Waals surface area contributed by atoms with Gasteiger partial charge < -0.3 is 5.32 Å². The fourth-order valence-corrected chi connectivity index (χ4v) is 2.40. The minimum absolute atomic E-state index is 0.0369. The molecule has 0 fully saturated rings. The molecule has 0 radical (unpaired) electrons. The van der Waals surface area contributed by atoms with Crippen molar-refractivity contribution in [2.75, 3.05) is 5.32 Å². The zero-order valence-corrected chi connectivity index (χ0v) is 11.4. The van der Waals surface area contributed by atoms with Gasteiger partial charge in [0.15, 0.2) is 0 Å². The van der Waals surface area contributed by atoms with E-state index in [-0.39, 0.29) is 4.47 Å². The fraction of sp³-hybridized carbons (Fsp3) is 0.182. The largest absolute Gasteiger partial charge is 0.417 e. The molecule has 96 valence electrons. The molecule has 1 aromatic heterocycles. The smallest absolute Gasteiger partial charge is 0.379 e. The molecule has 0 aliphatic rings. The summed E-state index contributed by atoms with van der Waals surface area (Å²) in [5.74, 6) is 0. The van der Waals surface area contributed by atoms with Crippen LogP contribution in [0, 0.1) is 0 Å². The molecule has 0 aliphatic carbocycles. The van der Waals surface area contributed by atoms with Crippen LogP contribution in [0.2, 0.25) is 0 Å². The molecule has 1 heterocycles. The summed E-state index contributed by atoms with van der Waals surface area (Å²) >= 11 is 4.35. The van der Waals surface area contributed by atoms with E-state index in [1.54, 1.807) is 12.3 Å². The van der Waals surface area contributed by atoms with Crippen molar-refractivity contribution in [2.24, 2.45) is 0 Å². The van der Waals surface area contributed by atoms with Gasteiger partial charge in [0.05, 0.1) is 12.1 Å². The molecule has 1 aromatic carbocycles. The number of nitrogens with zero attached hydrogens (tertiary/aromatic N) is 1. The van der Waals surface area contributed by atoms with Gasteiger partial charge in [0.1, 0.15) is 5.01 Å². The lowest BCUT2D eigenvalue weighted by Gasteiger charge is -2.11. The second-order valence-corrected chi connectivity index (χ2v) is 5.31. The van der Waals surface area contributed by atoms with Gasteiger partial charge in [0.25, 0.3) is 0 Å². The number of aromatic nitrogens is 1. The SMILES string of the molecule is FC(F)(F)c1cc(NCc2nccs2)ccc1Br. The van der Waals surface area contributed by atoms with Crippen LogP contribution in [0.3, 0.4) is 0 Å². The first-order valence-electron chi connectivity index (χ1n) is 4.96. The van der Waals surface area contributed by atoms with E-state index in [1.807, 2.05) is 5.38 Å². The number of benzene rings is 1. The second kappa shape index (κ2) is 5.27. The number of hydrogen-bond acceptors (Lipinski definition) is 3. The maximum Gasteiger partial charge on any atom is 0.417 e. The third kappa shape index (κ3) is 3.23. The summed E-state index contributed by atoms with van der Waals surface area (Å²) < 4.78 is 38.1. The first kappa shape index (κ1) is 13.4. The molecule has 0 amide bonds.